The minimum Gasteiger partial charge on any atom is -0.330 e. The molecule has 2 heterocycles. The molecule has 0 saturated carbocycles. The average Bonchev–Trinajstić information content (AvgIpc) is 2.69. The predicted octanol–water partition coefficient (Wildman–Crippen LogP) is 2.73. The molecule has 0 unspecified atom stereocenters. The molecule has 2 aromatic rings. The van der Waals surface area contributed by atoms with Gasteiger partial charge in [0.2, 0.25) is 0 Å². The summed E-state index contributed by atoms with van der Waals surface area (Å²) in [6.07, 6.45) is 5.42. The first kappa shape index (κ1) is 12.5. The van der Waals surface area contributed by atoms with Crippen molar-refractivity contribution in [3.8, 4) is 0 Å². The Morgan fingerprint density at radius 2 is 2.29 bits per heavy atom. The van der Waals surface area contributed by atoms with Gasteiger partial charge in [0.15, 0.2) is 0 Å². The minimum absolute atomic E-state index is 0.671. The highest BCUT2D eigenvalue weighted by Gasteiger charge is 2.10. The molecule has 0 spiro atoms. The summed E-state index contributed by atoms with van der Waals surface area (Å²) in [5.74, 6) is 1.14. The van der Waals surface area contributed by atoms with Gasteiger partial charge in [0.25, 0.3) is 0 Å². The first-order chi connectivity index (χ1) is 8.36. The van der Waals surface area contributed by atoms with Gasteiger partial charge in [0.1, 0.15) is 10.7 Å². The maximum atomic E-state index is 5.68. The van der Waals surface area contributed by atoms with Crippen molar-refractivity contribution in [2.45, 2.75) is 31.2 Å². The van der Waals surface area contributed by atoms with E-state index in [2.05, 4.69) is 22.5 Å². The van der Waals surface area contributed by atoms with E-state index < -0.39 is 0 Å². The lowest BCUT2D eigenvalue weighted by atomic mass is 10.3. The number of rotatable bonds is 6. The lowest BCUT2D eigenvalue weighted by Gasteiger charge is -2.02. The summed E-state index contributed by atoms with van der Waals surface area (Å²) in [5.41, 5.74) is 7.96. The Morgan fingerprint density at radius 3 is 3.06 bits per heavy atom. The van der Waals surface area contributed by atoms with E-state index in [0.29, 0.717) is 6.54 Å². The van der Waals surface area contributed by atoms with E-state index in [4.69, 9.17) is 5.73 Å². The van der Waals surface area contributed by atoms with Crippen LogP contribution in [0.3, 0.4) is 0 Å². The van der Waals surface area contributed by atoms with Crippen molar-refractivity contribution in [2.75, 3.05) is 12.3 Å². The highest BCUT2D eigenvalue weighted by atomic mass is 32.2. The largest absolute Gasteiger partial charge is 0.330 e. The molecule has 0 amide bonds. The first-order valence-corrected chi connectivity index (χ1v) is 7.14. The molecular weight excluding hydrogens is 230 g/mol. The van der Waals surface area contributed by atoms with Crippen LogP contribution in [0.5, 0.6) is 0 Å². The van der Waals surface area contributed by atoms with Gasteiger partial charge in [-0.3, -0.25) is 0 Å². The van der Waals surface area contributed by atoms with Crippen LogP contribution in [0.25, 0.3) is 5.65 Å². The normalized spacial score (nSPS) is 11.2. The van der Waals surface area contributed by atoms with Crippen molar-refractivity contribution in [3.05, 3.63) is 30.1 Å². The Hall–Kier alpha value is -1.00. The molecule has 17 heavy (non-hydrogen) atoms. The third-order valence-electron chi connectivity index (χ3n) is 2.71. The Morgan fingerprint density at radius 1 is 1.41 bits per heavy atom. The number of hydrogen-bond acceptors (Lipinski definition) is 3. The Labute approximate surface area is 106 Å². The molecule has 92 valence electrons. The van der Waals surface area contributed by atoms with Gasteiger partial charge >= 0.3 is 0 Å². The molecule has 0 fully saturated rings. The zero-order valence-electron chi connectivity index (χ0n) is 10.2. The highest BCUT2D eigenvalue weighted by Crippen LogP contribution is 2.24. The van der Waals surface area contributed by atoms with Crippen molar-refractivity contribution in [3.63, 3.8) is 0 Å². The second kappa shape index (κ2) is 6.07. The van der Waals surface area contributed by atoms with E-state index in [9.17, 15) is 0 Å². The first-order valence-electron chi connectivity index (χ1n) is 6.15. The van der Waals surface area contributed by atoms with E-state index in [1.807, 2.05) is 30.0 Å². The van der Waals surface area contributed by atoms with E-state index in [1.54, 1.807) is 0 Å². The van der Waals surface area contributed by atoms with Crippen LogP contribution in [0.15, 0.2) is 29.4 Å². The second-order valence-electron chi connectivity index (χ2n) is 4.03. The van der Waals surface area contributed by atoms with Crippen molar-refractivity contribution in [1.29, 1.82) is 0 Å². The van der Waals surface area contributed by atoms with E-state index in [1.165, 1.54) is 18.5 Å². The number of pyridine rings is 1. The van der Waals surface area contributed by atoms with Gasteiger partial charge in [-0.05, 0) is 30.9 Å². The van der Waals surface area contributed by atoms with E-state index in [-0.39, 0.29) is 0 Å². The molecule has 0 aromatic carbocycles. The van der Waals surface area contributed by atoms with Crippen LogP contribution in [0.1, 0.15) is 25.5 Å². The number of imidazole rings is 1. The molecule has 0 aliphatic rings. The minimum atomic E-state index is 0.671. The van der Waals surface area contributed by atoms with Crippen LogP contribution in [-0.4, -0.2) is 21.7 Å². The smallest absolute Gasteiger partial charge is 0.138 e. The zero-order chi connectivity index (χ0) is 12.1. The zero-order valence-corrected chi connectivity index (χ0v) is 11.0. The molecule has 0 radical (unpaired) electrons. The molecule has 2 aromatic heterocycles. The van der Waals surface area contributed by atoms with E-state index >= 15 is 0 Å². The molecule has 0 atom stereocenters. The monoisotopic (exact) mass is 249 g/mol. The molecule has 0 aliphatic heterocycles. The number of unbranched alkanes of at least 4 members (excludes halogenated alkanes) is 1. The molecule has 2 N–H and O–H groups in total. The fraction of sp³-hybridized carbons (Fsp3) is 0.462. The molecule has 0 bridgehead atoms. The van der Waals surface area contributed by atoms with Crippen molar-refractivity contribution in [1.82, 2.24) is 9.38 Å². The maximum absolute atomic E-state index is 5.68. The van der Waals surface area contributed by atoms with Gasteiger partial charge in [-0.25, -0.2) is 4.98 Å². The van der Waals surface area contributed by atoms with Crippen LogP contribution in [0.4, 0.5) is 0 Å². The van der Waals surface area contributed by atoms with Gasteiger partial charge in [0, 0.05) is 12.6 Å². The Balaban J connectivity index is 2.29. The van der Waals surface area contributed by atoms with Crippen LogP contribution in [0.2, 0.25) is 0 Å². The summed E-state index contributed by atoms with van der Waals surface area (Å²) in [6.45, 7) is 2.88. The summed E-state index contributed by atoms with van der Waals surface area (Å²) in [4.78, 5) is 4.67. The summed E-state index contributed by atoms with van der Waals surface area (Å²) in [7, 11) is 0. The molecule has 4 heteroatoms. The quantitative estimate of drug-likeness (QED) is 0.632. The maximum Gasteiger partial charge on any atom is 0.138 e. The SMILES string of the molecule is CCCCSc1nc2ccccn2c1CCN. The molecule has 0 saturated heterocycles. The number of nitrogens with zero attached hydrogens (tertiary/aromatic N) is 2. The standard InChI is InChI=1S/C13H19N3S/c1-2-3-10-17-13-11(7-8-14)16-9-5-4-6-12(16)15-13/h4-6,9H,2-3,7-8,10,14H2,1H3. The summed E-state index contributed by atoms with van der Waals surface area (Å²) in [5, 5.41) is 1.15. The number of thioether (sulfide) groups is 1. The fourth-order valence-corrected chi connectivity index (χ4v) is 2.97. The summed E-state index contributed by atoms with van der Waals surface area (Å²) < 4.78 is 2.15. The second-order valence-corrected chi connectivity index (χ2v) is 5.12. The van der Waals surface area contributed by atoms with Crippen LogP contribution in [0, 0.1) is 0 Å². The van der Waals surface area contributed by atoms with E-state index in [0.717, 1.165) is 22.8 Å². The number of fused-ring (bicyclic) bond motifs is 1. The lowest BCUT2D eigenvalue weighted by molar-refractivity contribution is 0.870. The van der Waals surface area contributed by atoms with Crippen LogP contribution in [-0.2, 0) is 6.42 Å². The number of nitrogens with two attached hydrogens (primary N) is 1. The Bertz CT molecular complexity index is 478. The van der Waals surface area contributed by atoms with Gasteiger partial charge in [-0.15, -0.1) is 11.8 Å². The molecule has 3 nitrogen and oxygen atoms in total. The van der Waals surface area contributed by atoms with Crippen LogP contribution < -0.4 is 5.73 Å². The lowest BCUT2D eigenvalue weighted by Crippen LogP contribution is -2.06. The third-order valence-corrected chi connectivity index (χ3v) is 3.80. The van der Waals surface area contributed by atoms with Crippen molar-refractivity contribution < 1.29 is 0 Å². The van der Waals surface area contributed by atoms with Crippen molar-refractivity contribution in [2.24, 2.45) is 5.73 Å². The van der Waals surface area contributed by atoms with Gasteiger partial charge in [-0.1, -0.05) is 19.4 Å². The highest BCUT2D eigenvalue weighted by molar-refractivity contribution is 7.99. The van der Waals surface area contributed by atoms with Gasteiger partial charge in [-0.2, -0.15) is 0 Å². The fourth-order valence-electron chi connectivity index (χ4n) is 1.82. The summed E-state index contributed by atoms with van der Waals surface area (Å²) in [6, 6.07) is 6.11. The average molecular weight is 249 g/mol. The number of hydrogen-bond donors (Lipinski definition) is 1. The Kier molecular flexibility index (Phi) is 4.45. The summed E-state index contributed by atoms with van der Waals surface area (Å²) >= 11 is 1.85. The van der Waals surface area contributed by atoms with Crippen LogP contribution >= 0.6 is 11.8 Å². The van der Waals surface area contributed by atoms with Crippen molar-refractivity contribution >= 4 is 17.4 Å². The number of aromatic nitrogens is 2. The third kappa shape index (κ3) is 2.82. The topological polar surface area (TPSA) is 43.3 Å². The molecule has 2 rings (SSSR count). The van der Waals surface area contributed by atoms with Gasteiger partial charge < -0.3 is 10.1 Å². The molecular formula is C13H19N3S. The van der Waals surface area contributed by atoms with Gasteiger partial charge in [0.05, 0.1) is 5.69 Å². The molecule has 0 aliphatic carbocycles. The predicted molar refractivity (Wildman–Crippen MR) is 73.6 cm³/mol.